The molecule has 0 atom stereocenters. The molecule has 2 aliphatic heterocycles. The Morgan fingerprint density at radius 2 is 2.00 bits per heavy atom. The number of hydrogen-bond donors (Lipinski definition) is 1. The molecule has 5 rings (SSSR count). The van der Waals surface area contributed by atoms with E-state index in [1.165, 1.54) is 6.07 Å². The maximum atomic E-state index is 14.0. The first kappa shape index (κ1) is 12.0. The van der Waals surface area contributed by atoms with E-state index in [2.05, 4.69) is 14.7 Å². The fourth-order valence-electron chi connectivity index (χ4n) is 3.34. The fraction of sp³-hybridized carbons (Fsp3) is 0.235. The molecule has 0 saturated heterocycles. The van der Waals surface area contributed by atoms with E-state index in [-0.39, 0.29) is 11.7 Å². The summed E-state index contributed by atoms with van der Waals surface area (Å²) in [5.74, 6) is -0.375. The fourth-order valence-corrected chi connectivity index (χ4v) is 3.34. The Bertz CT molecular complexity index is 887. The van der Waals surface area contributed by atoms with Crippen LogP contribution in [0, 0.1) is 5.82 Å². The van der Waals surface area contributed by atoms with Gasteiger partial charge < -0.3 is 5.32 Å². The Balaban J connectivity index is 1.46. The molecule has 1 N–H and O–H groups in total. The lowest BCUT2D eigenvalue weighted by atomic mass is 10.0. The number of rotatable bonds is 3. The highest BCUT2D eigenvalue weighted by Gasteiger charge is 2.47. The van der Waals surface area contributed by atoms with Crippen LogP contribution in [-0.2, 0) is 12.2 Å². The second-order valence-corrected chi connectivity index (χ2v) is 6.17. The van der Waals surface area contributed by atoms with Gasteiger partial charge in [0, 0.05) is 17.3 Å². The van der Waals surface area contributed by atoms with Crippen LogP contribution in [0.15, 0.2) is 42.6 Å². The molecular weight excluding hydrogens is 281 g/mol. The van der Waals surface area contributed by atoms with Crippen molar-refractivity contribution in [3.8, 4) is 11.3 Å². The normalized spacial score (nSPS) is 17.3. The van der Waals surface area contributed by atoms with Crippen molar-refractivity contribution in [2.75, 3.05) is 0 Å². The lowest BCUT2D eigenvalue weighted by Gasteiger charge is -2.18. The lowest BCUT2D eigenvalue weighted by Crippen LogP contribution is -2.35. The molecule has 2 aliphatic carbocycles. The summed E-state index contributed by atoms with van der Waals surface area (Å²) in [6.45, 7) is 0.900. The van der Waals surface area contributed by atoms with Crippen molar-refractivity contribution in [3.05, 3.63) is 59.5 Å². The van der Waals surface area contributed by atoms with Gasteiger partial charge in [-0.1, -0.05) is 18.2 Å². The topological polar surface area (TPSA) is 39.0 Å². The number of nitrogens with one attached hydrogen (secondary N) is 1. The molecule has 0 unspecified atom stereocenters. The first-order valence-corrected chi connectivity index (χ1v) is 7.44. The summed E-state index contributed by atoms with van der Waals surface area (Å²) in [6, 6.07) is 10.5. The molecule has 22 heavy (non-hydrogen) atoms. The van der Waals surface area contributed by atoms with Crippen molar-refractivity contribution < 1.29 is 9.18 Å². The third kappa shape index (κ3) is 1.53. The zero-order valence-corrected chi connectivity index (χ0v) is 11.8. The molecule has 0 aromatic heterocycles. The van der Waals surface area contributed by atoms with Gasteiger partial charge in [0.15, 0.2) is 0 Å². The number of amides is 1. The molecular formula is C17H14FN3O. The number of halogens is 1. The van der Waals surface area contributed by atoms with Crippen molar-refractivity contribution >= 4 is 5.91 Å². The van der Waals surface area contributed by atoms with E-state index < -0.39 is 5.54 Å². The minimum absolute atomic E-state index is 0.123. The second kappa shape index (κ2) is 3.80. The van der Waals surface area contributed by atoms with Crippen LogP contribution in [0.3, 0.4) is 0 Å². The zero-order chi connectivity index (χ0) is 14.9. The van der Waals surface area contributed by atoms with Crippen LogP contribution >= 0.6 is 0 Å². The summed E-state index contributed by atoms with van der Waals surface area (Å²) in [5.41, 5.74) is 2.78. The third-order valence-corrected chi connectivity index (χ3v) is 4.77. The smallest absolute Gasteiger partial charge is 0.252 e. The van der Waals surface area contributed by atoms with Crippen LogP contribution in [0.2, 0.25) is 0 Å². The molecule has 0 radical (unpaired) electrons. The average molecular weight is 295 g/mol. The first-order valence-electron chi connectivity index (χ1n) is 7.44. The summed E-state index contributed by atoms with van der Waals surface area (Å²) in [5, 5.41) is 3.05. The molecule has 4 nitrogen and oxygen atoms in total. The molecule has 1 fully saturated rings. The predicted octanol–water partition coefficient (Wildman–Crippen LogP) is 2.77. The summed E-state index contributed by atoms with van der Waals surface area (Å²) in [7, 11) is 0. The van der Waals surface area contributed by atoms with E-state index in [0.29, 0.717) is 11.1 Å². The van der Waals surface area contributed by atoms with Gasteiger partial charge in [-0.05, 0) is 31.0 Å². The lowest BCUT2D eigenvalue weighted by molar-refractivity contribution is 0.0931. The van der Waals surface area contributed by atoms with Gasteiger partial charge in [-0.25, -0.2) is 4.39 Å². The minimum Gasteiger partial charge on any atom is -0.342 e. The Morgan fingerprint density at radius 1 is 1.18 bits per heavy atom. The number of carbonyl (C=O) groups excluding carboxylic acids is 1. The van der Waals surface area contributed by atoms with Crippen LogP contribution in [0.1, 0.15) is 28.8 Å². The second-order valence-electron chi connectivity index (χ2n) is 6.17. The number of fused-ring (bicyclic) bond motifs is 3. The SMILES string of the molecule is O=C(NC1(c2ccccc2F)CC1)c1ccc2n3n(cc1-2)C3. The molecule has 0 bridgehead atoms. The Morgan fingerprint density at radius 3 is 2.77 bits per heavy atom. The molecule has 1 aromatic carbocycles. The molecule has 5 heteroatoms. The monoisotopic (exact) mass is 295 g/mol. The number of aromatic nitrogens is 2. The van der Waals surface area contributed by atoms with Gasteiger partial charge in [-0.15, -0.1) is 0 Å². The van der Waals surface area contributed by atoms with Crippen molar-refractivity contribution in [1.82, 2.24) is 14.7 Å². The maximum absolute atomic E-state index is 14.0. The zero-order valence-electron chi connectivity index (χ0n) is 11.8. The van der Waals surface area contributed by atoms with Gasteiger partial charge >= 0.3 is 0 Å². The highest BCUT2D eigenvalue weighted by molar-refractivity contribution is 6.02. The van der Waals surface area contributed by atoms with Gasteiger partial charge in [-0.3, -0.25) is 14.2 Å². The summed E-state index contributed by atoms with van der Waals surface area (Å²) >= 11 is 0. The van der Waals surface area contributed by atoms with Gasteiger partial charge in [0.1, 0.15) is 12.5 Å². The Kier molecular flexibility index (Phi) is 2.08. The molecule has 2 heterocycles. The van der Waals surface area contributed by atoms with Crippen LogP contribution < -0.4 is 5.32 Å². The molecule has 1 saturated carbocycles. The van der Waals surface area contributed by atoms with Crippen LogP contribution in [0.5, 0.6) is 0 Å². The van der Waals surface area contributed by atoms with E-state index in [1.54, 1.807) is 12.1 Å². The molecule has 0 spiro atoms. The summed E-state index contributed by atoms with van der Waals surface area (Å²) in [4.78, 5) is 12.6. The van der Waals surface area contributed by atoms with Gasteiger partial charge in [0.25, 0.3) is 5.91 Å². The van der Waals surface area contributed by atoms with Crippen LogP contribution in [-0.4, -0.2) is 15.3 Å². The number of nitrogens with zero attached hydrogens (tertiary/aromatic N) is 2. The van der Waals surface area contributed by atoms with Crippen molar-refractivity contribution in [2.45, 2.75) is 25.0 Å². The predicted molar refractivity (Wildman–Crippen MR) is 79.2 cm³/mol. The standard InChI is InChI=1S/C17H14FN3O/c18-14-4-2-1-3-13(14)17(7-8-17)19-16(22)11-5-6-15-12(11)9-20-10-21(15)20/h1-6,9H,7-8,10H2,(H,19,22). The van der Waals surface area contributed by atoms with Crippen molar-refractivity contribution in [1.29, 1.82) is 0 Å². The van der Waals surface area contributed by atoms with Gasteiger partial charge in [-0.2, -0.15) is 0 Å². The van der Waals surface area contributed by atoms with Crippen molar-refractivity contribution in [2.24, 2.45) is 0 Å². The van der Waals surface area contributed by atoms with E-state index >= 15 is 0 Å². The highest BCUT2D eigenvalue weighted by atomic mass is 19.1. The van der Waals surface area contributed by atoms with E-state index in [4.69, 9.17) is 0 Å². The minimum atomic E-state index is -0.533. The molecule has 1 amide bonds. The highest BCUT2D eigenvalue weighted by Crippen LogP contribution is 2.47. The van der Waals surface area contributed by atoms with Crippen LogP contribution in [0.25, 0.3) is 11.3 Å². The number of carbonyl (C=O) groups is 1. The molecule has 4 aliphatic rings. The quantitative estimate of drug-likeness (QED) is 0.620. The van der Waals surface area contributed by atoms with Gasteiger partial charge in [0.2, 0.25) is 0 Å². The van der Waals surface area contributed by atoms with E-state index in [0.717, 1.165) is 30.8 Å². The Labute approximate surface area is 126 Å². The number of hydrogen-bond acceptors (Lipinski definition) is 1. The average Bonchev–Trinajstić information content (AvgIpc) is 3.37. The number of benzene rings is 1. The van der Waals surface area contributed by atoms with E-state index in [9.17, 15) is 9.18 Å². The maximum Gasteiger partial charge on any atom is 0.252 e. The first-order chi connectivity index (χ1) is 10.7. The summed E-state index contributed by atoms with van der Waals surface area (Å²) < 4.78 is 18.2. The van der Waals surface area contributed by atoms with Gasteiger partial charge in [0.05, 0.1) is 16.8 Å². The molecule has 110 valence electrons. The van der Waals surface area contributed by atoms with Crippen LogP contribution in [0.4, 0.5) is 4.39 Å². The molecule has 1 aromatic rings. The summed E-state index contributed by atoms with van der Waals surface area (Å²) in [6.07, 6.45) is 3.56. The van der Waals surface area contributed by atoms with E-state index in [1.807, 2.05) is 24.4 Å². The third-order valence-electron chi connectivity index (χ3n) is 4.77. The van der Waals surface area contributed by atoms with Crippen molar-refractivity contribution in [3.63, 3.8) is 0 Å². The Hall–Kier alpha value is -2.56. The largest absolute Gasteiger partial charge is 0.342 e.